The Morgan fingerprint density at radius 3 is 2.93 bits per heavy atom. The molecule has 14 heavy (non-hydrogen) atoms. The summed E-state index contributed by atoms with van der Waals surface area (Å²) < 4.78 is 5.56. The minimum Gasteiger partial charge on any atom is -0.375 e. The molecule has 1 rings (SSSR count). The number of nitrogens with zero attached hydrogens (tertiary/aromatic N) is 1. The maximum absolute atomic E-state index is 11.4. The first kappa shape index (κ1) is 12.0. The van der Waals surface area contributed by atoms with E-state index < -0.39 is 0 Å². The van der Waals surface area contributed by atoms with E-state index in [9.17, 15) is 4.79 Å². The van der Waals surface area contributed by atoms with Crippen LogP contribution in [0.2, 0.25) is 0 Å². The quantitative estimate of drug-likeness (QED) is 0.711. The van der Waals surface area contributed by atoms with Crippen LogP contribution in [0.15, 0.2) is 0 Å². The molecule has 1 aliphatic rings. The third-order valence-electron chi connectivity index (χ3n) is 2.22. The molecule has 0 aromatic carbocycles. The van der Waals surface area contributed by atoms with Crippen LogP contribution in [-0.4, -0.2) is 48.6 Å². The van der Waals surface area contributed by atoms with Gasteiger partial charge < -0.3 is 9.64 Å². The van der Waals surface area contributed by atoms with Crippen LogP contribution >= 0.6 is 11.8 Å². The van der Waals surface area contributed by atoms with E-state index in [1.165, 1.54) is 11.8 Å². The van der Waals surface area contributed by atoms with Crippen molar-refractivity contribution in [2.45, 2.75) is 20.0 Å². The second-order valence-corrected chi connectivity index (χ2v) is 5.06. The van der Waals surface area contributed by atoms with Gasteiger partial charge in [-0.3, -0.25) is 4.79 Å². The number of ether oxygens (including phenoxy) is 1. The summed E-state index contributed by atoms with van der Waals surface area (Å²) in [4.78, 5) is 13.6. The van der Waals surface area contributed by atoms with Gasteiger partial charge in [0.25, 0.3) is 0 Å². The fourth-order valence-electron chi connectivity index (χ4n) is 1.31. The minimum absolute atomic E-state index is 0.126. The molecule has 0 amide bonds. The van der Waals surface area contributed by atoms with Crippen molar-refractivity contribution < 1.29 is 9.53 Å². The van der Waals surface area contributed by atoms with Crippen LogP contribution in [0.3, 0.4) is 0 Å². The number of hydrogen-bond acceptors (Lipinski definition) is 4. The summed E-state index contributed by atoms with van der Waals surface area (Å²) in [6.07, 6.45) is 0.224. The minimum atomic E-state index is 0.126. The molecule has 1 heterocycles. The summed E-state index contributed by atoms with van der Waals surface area (Å²) in [7, 11) is 2.09. The Kier molecular flexibility index (Phi) is 4.92. The molecule has 1 aliphatic heterocycles. The van der Waals surface area contributed by atoms with Crippen LogP contribution in [0, 0.1) is 5.92 Å². The smallest absolute Gasteiger partial charge is 0.191 e. The van der Waals surface area contributed by atoms with Crippen molar-refractivity contribution in [1.29, 1.82) is 0 Å². The van der Waals surface area contributed by atoms with Crippen LogP contribution in [0.25, 0.3) is 0 Å². The lowest BCUT2D eigenvalue weighted by atomic mass is 10.3. The first-order chi connectivity index (χ1) is 6.59. The fourth-order valence-corrected chi connectivity index (χ4v) is 2.19. The first-order valence-electron chi connectivity index (χ1n) is 5.06. The van der Waals surface area contributed by atoms with E-state index in [1.54, 1.807) is 0 Å². The molecule has 0 saturated carbocycles. The molecule has 1 fully saturated rings. The topological polar surface area (TPSA) is 29.5 Å². The van der Waals surface area contributed by atoms with Crippen molar-refractivity contribution in [2.24, 2.45) is 5.92 Å². The zero-order valence-corrected chi connectivity index (χ0v) is 9.97. The Morgan fingerprint density at radius 2 is 2.36 bits per heavy atom. The molecule has 1 atom stereocenters. The number of morpholine rings is 1. The van der Waals surface area contributed by atoms with Gasteiger partial charge >= 0.3 is 0 Å². The molecule has 0 N–H and O–H groups in total. The summed E-state index contributed by atoms with van der Waals surface area (Å²) in [5.74, 6) is 0.919. The van der Waals surface area contributed by atoms with Gasteiger partial charge in [-0.15, -0.1) is 0 Å². The molecule has 0 spiro atoms. The highest BCUT2D eigenvalue weighted by atomic mass is 32.2. The van der Waals surface area contributed by atoms with Crippen molar-refractivity contribution in [2.75, 3.05) is 32.5 Å². The van der Waals surface area contributed by atoms with Crippen LogP contribution in [0.4, 0.5) is 0 Å². The van der Waals surface area contributed by atoms with E-state index in [0.29, 0.717) is 0 Å². The predicted molar refractivity (Wildman–Crippen MR) is 59.5 cm³/mol. The Bertz CT molecular complexity index is 197. The molecule has 1 saturated heterocycles. The zero-order chi connectivity index (χ0) is 10.6. The van der Waals surface area contributed by atoms with Crippen LogP contribution in [-0.2, 0) is 9.53 Å². The average molecular weight is 217 g/mol. The van der Waals surface area contributed by atoms with Crippen molar-refractivity contribution in [3.05, 3.63) is 0 Å². The molecule has 0 aliphatic carbocycles. The Hall–Kier alpha value is -0.0600. The highest BCUT2D eigenvalue weighted by Crippen LogP contribution is 2.15. The Labute approximate surface area is 90.2 Å². The van der Waals surface area contributed by atoms with Gasteiger partial charge in [0.1, 0.15) is 0 Å². The second-order valence-electron chi connectivity index (χ2n) is 4.04. The number of carbonyl (C=O) groups excluding carboxylic acids is 1. The number of likely N-dealkylation sites (N-methyl/N-ethyl adjacent to an activating group) is 1. The van der Waals surface area contributed by atoms with E-state index in [0.717, 1.165) is 25.4 Å². The molecule has 82 valence electrons. The summed E-state index contributed by atoms with van der Waals surface area (Å²) in [5.41, 5.74) is 0. The van der Waals surface area contributed by atoms with E-state index in [4.69, 9.17) is 4.74 Å². The van der Waals surface area contributed by atoms with Gasteiger partial charge in [0.15, 0.2) is 5.12 Å². The monoisotopic (exact) mass is 217 g/mol. The molecule has 0 aromatic rings. The van der Waals surface area contributed by atoms with Crippen LogP contribution < -0.4 is 0 Å². The molecule has 1 unspecified atom stereocenters. The summed E-state index contributed by atoms with van der Waals surface area (Å²) >= 11 is 1.40. The van der Waals surface area contributed by atoms with Crippen molar-refractivity contribution in [3.8, 4) is 0 Å². The lowest BCUT2D eigenvalue weighted by Gasteiger charge is -2.29. The summed E-state index contributed by atoms with van der Waals surface area (Å²) in [6, 6.07) is 0. The third kappa shape index (κ3) is 3.98. The van der Waals surface area contributed by atoms with E-state index in [1.807, 2.05) is 13.8 Å². The number of carbonyl (C=O) groups is 1. The van der Waals surface area contributed by atoms with Crippen molar-refractivity contribution in [1.82, 2.24) is 4.90 Å². The van der Waals surface area contributed by atoms with E-state index >= 15 is 0 Å². The maximum atomic E-state index is 11.4. The molecule has 3 nitrogen and oxygen atoms in total. The third-order valence-corrected chi connectivity index (χ3v) is 3.52. The molecular formula is C10H19NO2S. The van der Waals surface area contributed by atoms with E-state index in [-0.39, 0.29) is 17.1 Å². The highest BCUT2D eigenvalue weighted by molar-refractivity contribution is 8.13. The summed E-state index contributed by atoms with van der Waals surface area (Å²) in [5, 5.41) is 0.266. The zero-order valence-electron chi connectivity index (χ0n) is 9.16. The van der Waals surface area contributed by atoms with Crippen LogP contribution in [0.1, 0.15) is 13.8 Å². The SMILES string of the molecule is CC(C)C(=O)SCC1CN(C)CCO1. The Balaban J connectivity index is 2.20. The van der Waals surface area contributed by atoms with Crippen molar-refractivity contribution >= 4 is 16.9 Å². The molecule has 0 radical (unpaired) electrons. The molecule has 0 aromatic heterocycles. The van der Waals surface area contributed by atoms with E-state index in [2.05, 4.69) is 11.9 Å². The van der Waals surface area contributed by atoms with Gasteiger partial charge in [0.05, 0.1) is 12.7 Å². The second kappa shape index (κ2) is 5.73. The Morgan fingerprint density at radius 1 is 1.64 bits per heavy atom. The van der Waals surface area contributed by atoms with Crippen LogP contribution in [0.5, 0.6) is 0 Å². The van der Waals surface area contributed by atoms with Gasteiger partial charge in [0, 0.05) is 24.8 Å². The lowest BCUT2D eigenvalue weighted by Crippen LogP contribution is -2.41. The van der Waals surface area contributed by atoms with Gasteiger partial charge in [-0.1, -0.05) is 25.6 Å². The normalized spacial score (nSPS) is 24.1. The van der Waals surface area contributed by atoms with Gasteiger partial charge in [0.2, 0.25) is 0 Å². The number of rotatable bonds is 3. The fraction of sp³-hybridized carbons (Fsp3) is 0.900. The highest BCUT2D eigenvalue weighted by Gasteiger charge is 2.19. The number of thioether (sulfide) groups is 1. The summed E-state index contributed by atoms with van der Waals surface area (Å²) in [6.45, 7) is 6.60. The average Bonchev–Trinajstić information content (AvgIpc) is 2.14. The van der Waals surface area contributed by atoms with Gasteiger partial charge in [-0.05, 0) is 7.05 Å². The predicted octanol–water partition coefficient (Wildman–Crippen LogP) is 1.23. The molecular weight excluding hydrogens is 198 g/mol. The molecule has 0 bridgehead atoms. The van der Waals surface area contributed by atoms with Crippen molar-refractivity contribution in [3.63, 3.8) is 0 Å². The number of hydrogen-bond donors (Lipinski definition) is 0. The molecule has 4 heteroatoms. The van der Waals surface area contributed by atoms with Gasteiger partial charge in [-0.2, -0.15) is 0 Å². The standard InChI is InChI=1S/C10H19NO2S/c1-8(2)10(12)14-7-9-6-11(3)4-5-13-9/h8-9H,4-7H2,1-3H3. The maximum Gasteiger partial charge on any atom is 0.191 e. The largest absolute Gasteiger partial charge is 0.375 e. The first-order valence-corrected chi connectivity index (χ1v) is 6.05. The lowest BCUT2D eigenvalue weighted by molar-refractivity contribution is -0.113. The van der Waals surface area contributed by atoms with Gasteiger partial charge in [-0.25, -0.2) is 0 Å².